The van der Waals surface area contributed by atoms with E-state index in [9.17, 15) is 21.6 Å². The van der Waals surface area contributed by atoms with Crippen molar-refractivity contribution < 1.29 is 31.1 Å². The van der Waals surface area contributed by atoms with Crippen LogP contribution >= 0.6 is 22.9 Å². The minimum absolute atomic E-state index is 0.148. The van der Waals surface area contributed by atoms with E-state index in [0.29, 0.717) is 22.5 Å². The molecule has 0 atom stereocenters. The zero-order valence-corrected chi connectivity index (χ0v) is 25.6. The van der Waals surface area contributed by atoms with E-state index in [0.717, 1.165) is 42.3 Å². The van der Waals surface area contributed by atoms with Crippen LogP contribution in [-0.2, 0) is 15.4 Å². The Balaban J connectivity index is 1.58. The van der Waals surface area contributed by atoms with E-state index in [4.69, 9.17) is 16.3 Å². The Morgan fingerprint density at radius 1 is 0.929 bits per heavy atom. The molecule has 0 bridgehead atoms. The van der Waals surface area contributed by atoms with Crippen LogP contribution in [0.25, 0.3) is 10.1 Å². The highest BCUT2D eigenvalue weighted by molar-refractivity contribution is 7.92. The molecule has 1 fully saturated rings. The smallest absolute Gasteiger partial charge is 0.490 e. The SMILES string of the molecule is CC(C)(c1cc(OC2CCNCC2)cc(OC(F)(F)F)c1)c1cc(Cl)cc(N(c2ccc3sccc3c2)S(C)(=O)=O)c1. The van der Waals surface area contributed by atoms with Gasteiger partial charge in [-0.25, -0.2) is 12.7 Å². The highest BCUT2D eigenvalue weighted by Gasteiger charge is 2.33. The van der Waals surface area contributed by atoms with Crippen LogP contribution in [0.2, 0.25) is 5.02 Å². The second-order valence-corrected chi connectivity index (χ2v) is 14.0. The first kappa shape index (κ1) is 30.5. The summed E-state index contributed by atoms with van der Waals surface area (Å²) in [5.41, 5.74) is 0.876. The summed E-state index contributed by atoms with van der Waals surface area (Å²) in [4.78, 5) is 0. The Kier molecular flexibility index (Phi) is 8.41. The van der Waals surface area contributed by atoms with Crippen molar-refractivity contribution in [2.75, 3.05) is 23.7 Å². The normalized spacial score (nSPS) is 15.1. The van der Waals surface area contributed by atoms with Crippen molar-refractivity contribution in [1.82, 2.24) is 5.32 Å². The van der Waals surface area contributed by atoms with Crippen LogP contribution in [0.15, 0.2) is 66.0 Å². The third-order valence-electron chi connectivity index (χ3n) is 7.27. The number of benzene rings is 3. The van der Waals surface area contributed by atoms with E-state index in [2.05, 4.69) is 10.1 Å². The molecule has 1 aliphatic rings. The van der Waals surface area contributed by atoms with Gasteiger partial charge in [-0.05, 0) is 102 Å². The Hall–Kier alpha value is -2.99. The number of halogens is 4. The molecule has 1 N–H and O–H groups in total. The van der Waals surface area contributed by atoms with Crippen molar-refractivity contribution >= 4 is 54.4 Å². The quantitative estimate of drug-likeness (QED) is 0.212. The fraction of sp³-hybridized carbons (Fsp3) is 0.333. The largest absolute Gasteiger partial charge is 0.573 e. The molecule has 42 heavy (non-hydrogen) atoms. The molecule has 6 nitrogen and oxygen atoms in total. The van der Waals surface area contributed by atoms with E-state index in [-0.39, 0.29) is 16.9 Å². The summed E-state index contributed by atoms with van der Waals surface area (Å²) < 4.78 is 78.7. The number of rotatable bonds is 8. The molecule has 12 heteroatoms. The van der Waals surface area contributed by atoms with Crippen LogP contribution in [0.3, 0.4) is 0 Å². The van der Waals surface area contributed by atoms with Crippen LogP contribution in [0.5, 0.6) is 11.5 Å². The number of sulfonamides is 1. The minimum Gasteiger partial charge on any atom is -0.490 e. The first-order chi connectivity index (χ1) is 19.7. The standard InChI is InChI=1S/C30H30ClF3N2O4S2/c1-29(2,21-15-26(39-25-6-9-35-10-7-25)18-27(16-21)40-30(32,33)34)20-13-22(31)17-24(14-20)36(42(3,37)38)23-4-5-28-19(12-23)8-11-41-28/h4-5,8,11-18,25,35H,6-7,9-10H2,1-3H3. The van der Waals surface area contributed by atoms with Crippen LogP contribution < -0.4 is 19.1 Å². The predicted molar refractivity (Wildman–Crippen MR) is 162 cm³/mol. The average Bonchev–Trinajstić information content (AvgIpc) is 3.35. The average molecular weight is 639 g/mol. The maximum Gasteiger partial charge on any atom is 0.573 e. The molecular formula is C30H30ClF3N2O4S2. The summed E-state index contributed by atoms with van der Waals surface area (Å²) in [6, 6.07) is 16.5. The lowest BCUT2D eigenvalue weighted by Gasteiger charge is -2.30. The Bertz CT molecular complexity index is 1700. The first-order valence-electron chi connectivity index (χ1n) is 13.3. The lowest BCUT2D eigenvalue weighted by Crippen LogP contribution is -2.34. The van der Waals surface area contributed by atoms with Crippen LogP contribution in [0.1, 0.15) is 37.8 Å². The predicted octanol–water partition coefficient (Wildman–Crippen LogP) is 8.01. The second-order valence-electron chi connectivity index (χ2n) is 10.8. The molecule has 0 radical (unpaired) electrons. The molecule has 1 aromatic heterocycles. The summed E-state index contributed by atoms with van der Waals surface area (Å²) in [6.45, 7) is 5.16. The lowest BCUT2D eigenvalue weighted by molar-refractivity contribution is -0.274. The van der Waals surface area contributed by atoms with Crippen molar-refractivity contribution in [3.05, 3.63) is 82.2 Å². The Morgan fingerprint density at radius 2 is 1.62 bits per heavy atom. The number of nitrogens with one attached hydrogen (secondary N) is 1. The van der Waals surface area contributed by atoms with Gasteiger partial charge in [0, 0.05) is 21.2 Å². The summed E-state index contributed by atoms with van der Waals surface area (Å²) in [5.74, 6) is -0.142. The maximum atomic E-state index is 13.3. The number of alkyl halides is 3. The molecule has 0 aliphatic carbocycles. The third-order valence-corrected chi connectivity index (χ3v) is 9.47. The van der Waals surface area contributed by atoms with Crippen molar-refractivity contribution in [3.63, 3.8) is 0 Å². The Labute approximate surface area is 252 Å². The fourth-order valence-electron chi connectivity index (χ4n) is 5.13. The zero-order chi connectivity index (χ0) is 30.3. The molecule has 0 saturated carbocycles. The molecule has 0 unspecified atom stereocenters. The van der Waals surface area contributed by atoms with Gasteiger partial charge in [0.25, 0.3) is 0 Å². The molecule has 4 aromatic rings. The zero-order valence-electron chi connectivity index (χ0n) is 23.2. The van der Waals surface area contributed by atoms with Gasteiger partial charge in [0.1, 0.15) is 17.6 Å². The van der Waals surface area contributed by atoms with E-state index in [1.54, 1.807) is 47.7 Å². The summed E-state index contributed by atoms with van der Waals surface area (Å²) in [5, 5.41) is 6.34. The molecule has 224 valence electrons. The number of ether oxygens (including phenoxy) is 2. The van der Waals surface area contributed by atoms with Crippen molar-refractivity contribution in [3.8, 4) is 11.5 Å². The molecule has 1 aliphatic heterocycles. The van der Waals surface area contributed by atoms with E-state index in [1.807, 2.05) is 31.4 Å². The van der Waals surface area contributed by atoms with Crippen LogP contribution in [0.4, 0.5) is 24.5 Å². The number of hydrogen-bond acceptors (Lipinski definition) is 6. The van der Waals surface area contributed by atoms with Gasteiger partial charge in [0.15, 0.2) is 0 Å². The van der Waals surface area contributed by atoms with Crippen LogP contribution in [0, 0.1) is 0 Å². The number of nitrogens with zero attached hydrogens (tertiary/aromatic N) is 1. The van der Waals surface area contributed by atoms with Gasteiger partial charge in [-0.15, -0.1) is 24.5 Å². The summed E-state index contributed by atoms with van der Waals surface area (Å²) in [6.07, 6.45) is -2.49. The fourth-order valence-corrected chi connectivity index (χ4v) is 7.12. The van der Waals surface area contributed by atoms with Crippen LogP contribution in [-0.4, -0.2) is 40.2 Å². The highest BCUT2D eigenvalue weighted by atomic mass is 35.5. The monoisotopic (exact) mass is 638 g/mol. The maximum absolute atomic E-state index is 13.3. The number of piperidine rings is 1. The molecule has 2 heterocycles. The number of thiophene rings is 1. The van der Waals surface area contributed by atoms with Crippen molar-refractivity contribution in [2.45, 2.75) is 44.6 Å². The van der Waals surface area contributed by atoms with E-state index < -0.39 is 27.6 Å². The number of anilines is 2. The molecule has 3 aromatic carbocycles. The molecule has 5 rings (SSSR count). The van der Waals surface area contributed by atoms with Gasteiger partial charge in [-0.3, -0.25) is 0 Å². The van der Waals surface area contributed by atoms with E-state index >= 15 is 0 Å². The van der Waals surface area contributed by atoms with Gasteiger partial charge in [0.2, 0.25) is 10.0 Å². The number of hydrogen-bond donors (Lipinski definition) is 1. The number of fused-ring (bicyclic) bond motifs is 1. The lowest BCUT2D eigenvalue weighted by atomic mass is 9.78. The molecular weight excluding hydrogens is 609 g/mol. The van der Waals surface area contributed by atoms with Gasteiger partial charge in [-0.2, -0.15) is 0 Å². The summed E-state index contributed by atoms with van der Waals surface area (Å²) >= 11 is 8.11. The van der Waals surface area contributed by atoms with Gasteiger partial charge in [-0.1, -0.05) is 25.4 Å². The third kappa shape index (κ3) is 6.96. The van der Waals surface area contributed by atoms with Crippen molar-refractivity contribution in [2.24, 2.45) is 0 Å². The molecule has 1 saturated heterocycles. The van der Waals surface area contributed by atoms with Gasteiger partial charge >= 0.3 is 6.36 Å². The first-order valence-corrected chi connectivity index (χ1v) is 16.4. The minimum atomic E-state index is -4.89. The topological polar surface area (TPSA) is 67.9 Å². The van der Waals surface area contributed by atoms with E-state index in [1.165, 1.54) is 16.4 Å². The van der Waals surface area contributed by atoms with Gasteiger partial charge in [0.05, 0.1) is 17.6 Å². The van der Waals surface area contributed by atoms with Crippen molar-refractivity contribution in [1.29, 1.82) is 0 Å². The summed E-state index contributed by atoms with van der Waals surface area (Å²) in [7, 11) is -3.81. The molecule has 0 spiro atoms. The molecule has 0 amide bonds. The van der Waals surface area contributed by atoms with Gasteiger partial charge < -0.3 is 14.8 Å². The Morgan fingerprint density at radius 3 is 2.31 bits per heavy atom. The second kappa shape index (κ2) is 11.6. The highest BCUT2D eigenvalue weighted by Crippen LogP contribution is 2.42.